The first-order valence-corrected chi connectivity index (χ1v) is 8.59. The van der Waals surface area contributed by atoms with Crippen molar-refractivity contribution in [3.8, 4) is 5.75 Å². The van der Waals surface area contributed by atoms with E-state index in [2.05, 4.69) is 4.99 Å². The Morgan fingerprint density at radius 3 is 2.81 bits per heavy atom. The van der Waals surface area contributed by atoms with Crippen molar-refractivity contribution in [2.45, 2.75) is 6.92 Å². The first-order chi connectivity index (χ1) is 12.7. The molecule has 1 aromatic carbocycles. The van der Waals surface area contributed by atoms with Gasteiger partial charge in [0.25, 0.3) is 0 Å². The number of nitrogens with zero attached hydrogens (tertiary/aromatic N) is 2. The van der Waals surface area contributed by atoms with Crippen LogP contribution in [0.25, 0.3) is 0 Å². The average molecular weight is 352 g/mol. The van der Waals surface area contributed by atoms with Gasteiger partial charge in [-0.3, -0.25) is 4.79 Å². The van der Waals surface area contributed by atoms with E-state index in [4.69, 9.17) is 14.2 Å². The summed E-state index contributed by atoms with van der Waals surface area (Å²) in [4.78, 5) is 18.5. The predicted octanol–water partition coefficient (Wildman–Crippen LogP) is 2.45. The van der Waals surface area contributed by atoms with Crippen molar-refractivity contribution in [1.82, 2.24) is 4.90 Å². The number of benzene rings is 1. The van der Waals surface area contributed by atoms with Crippen LogP contribution < -0.4 is 0 Å². The van der Waals surface area contributed by atoms with Crippen LogP contribution in [0.1, 0.15) is 12.5 Å². The monoisotopic (exact) mass is 352 g/mol. The highest BCUT2D eigenvalue weighted by Crippen LogP contribution is 2.31. The van der Waals surface area contributed by atoms with Crippen LogP contribution in [0.2, 0.25) is 0 Å². The van der Waals surface area contributed by atoms with Crippen molar-refractivity contribution in [2.24, 2.45) is 4.99 Å². The average Bonchev–Trinajstić information content (AvgIpc) is 3.34. The fourth-order valence-corrected chi connectivity index (χ4v) is 3.07. The van der Waals surface area contributed by atoms with E-state index in [0.717, 1.165) is 17.5 Å². The summed E-state index contributed by atoms with van der Waals surface area (Å²) in [5.41, 5.74) is 1.42. The number of hydrogen-bond acceptors (Lipinski definition) is 5. The van der Waals surface area contributed by atoms with Crippen LogP contribution in [-0.4, -0.2) is 47.6 Å². The van der Waals surface area contributed by atoms with Crippen molar-refractivity contribution in [3.63, 3.8) is 0 Å². The molecule has 0 bridgehead atoms. The highest BCUT2D eigenvalue weighted by Gasteiger charge is 2.26. The zero-order chi connectivity index (χ0) is 17.9. The zero-order valence-corrected chi connectivity index (χ0v) is 14.5. The van der Waals surface area contributed by atoms with Crippen LogP contribution >= 0.6 is 0 Å². The second kappa shape index (κ2) is 7.07. The van der Waals surface area contributed by atoms with Crippen molar-refractivity contribution in [2.75, 3.05) is 26.3 Å². The molecule has 1 N–H and O–H groups in total. The summed E-state index contributed by atoms with van der Waals surface area (Å²) in [5, 5.41) is 0. The molecular weight excluding hydrogens is 332 g/mol. The zero-order valence-electron chi connectivity index (χ0n) is 14.5. The van der Waals surface area contributed by atoms with Gasteiger partial charge in [0.1, 0.15) is 18.8 Å². The van der Waals surface area contributed by atoms with E-state index >= 15 is 0 Å². The molecule has 0 unspecified atom stereocenters. The van der Waals surface area contributed by atoms with Crippen LogP contribution in [-0.2, 0) is 14.3 Å². The fraction of sp³-hybridized carbons (Fsp3) is 0.250. The van der Waals surface area contributed by atoms with E-state index in [0.29, 0.717) is 43.7 Å². The third kappa shape index (κ3) is 3.10. The molecule has 1 fully saturated rings. The van der Waals surface area contributed by atoms with Gasteiger partial charge in [0.2, 0.25) is 11.6 Å². The maximum Gasteiger partial charge on any atom is 0.240 e. The summed E-state index contributed by atoms with van der Waals surface area (Å²) < 4.78 is 16.1. The summed E-state index contributed by atoms with van der Waals surface area (Å²) >= 11 is 0. The molecule has 3 aliphatic rings. The van der Waals surface area contributed by atoms with Gasteiger partial charge in [-0.2, -0.15) is 0 Å². The van der Waals surface area contributed by atoms with Crippen LogP contribution in [0.4, 0.5) is 0 Å². The number of aliphatic hydroxyl groups is 1. The number of para-hydroxylation sites is 1. The van der Waals surface area contributed by atoms with E-state index in [1.807, 2.05) is 42.2 Å². The van der Waals surface area contributed by atoms with Gasteiger partial charge in [-0.25, -0.2) is 4.99 Å². The summed E-state index contributed by atoms with van der Waals surface area (Å²) in [7, 11) is 0. The number of hydrogen-bond donors (Lipinski definition) is 0. The highest BCUT2D eigenvalue weighted by atomic mass is 16.5. The third-order valence-corrected chi connectivity index (χ3v) is 4.31. The van der Waals surface area contributed by atoms with Crippen LogP contribution in [0.3, 0.4) is 0 Å². The molecule has 1 aromatic rings. The van der Waals surface area contributed by atoms with Gasteiger partial charge < -0.3 is 19.1 Å². The minimum absolute atomic E-state index is 0.0590. The number of allylic oxidation sites excluding steroid dienone is 5. The Morgan fingerprint density at radius 2 is 2.00 bits per heavy atom. The Bertz CT molecular complexity index is 838. The Morgan fingerprint density at radius 1 is 1.15 bits per heavy atom. The lowest BCUT2D eigenvalue weighted by molar-refractivity contribution is -0.111. The molecule has 0 aromatic heterocycles. The number of ether oxygens (including phenoxy) is 3. The second-order valence-corrected chi connectivity index (χ2v) is 6.01. The molecule has 1 saturated heterocycles. The summed E-state index contributed by atoms with van der Waals surface area (Å²) in [6, 6.07) is 7.76. The van der Waals surface area contributed by atoms with Gasteiger partial charge in [0, 0.05) is 12.6 Å². The van der Waals surface area contributed by atoms with E-state index in [1.54, 1.807) is 18.2 Å². The second-order valence-electron chi connectivity index (χ2n) is 6.01. The molecule has 6 nitrogen and oxygen atoms in total. The third-order valence-electron chi connectivity index (χ3n) is 4.31. The molecule has 134 valence electrons. The normalized spacial score (nSPS) is 21.8. The maximum absolute atomic E-state index is 12.2. The fourth-order valence-electron chi connectivity index (χ4n) is 3.07. The quantitative estimate of drug-likeness (QED) is 0.474. The van der Waals surface area contributed by atoms with Gasteiger partial charge in [-0.1, -0.05) is 31.2 Å². The smallest absolute Gasteiger partial charge is 0.240 e. The van der Waals surface area contributed by atoms with Crippen LogP contribution in [0.15, 0.2) is 65.0 Å². The van der Waals surface area contributed by atoms with Gasteiger partial charge in [0.15, 0.2) is 11.7 Å². The summed E-state index contributed by atoms with van der Waals surface area (Å²) in [5.74, 6) is 1.91. The summed E-state index contributed by atoms with van der Waals surface area (Å²) in [6.07, 6.45) is 7.64. The molecule has 26 heavy (non-hydrogen) atoms. The van der Waals surface area contributed by atoms with E-state index in [1.165, 1.54) is 0 Å². The van der Waals surface area contributed by atoms with E-state index in [9.17, 15) is 4.79 Å². The SMILES string of the molecule is C[C-]([OH+]c1ccccc1C1=NCCO1)N1CCOC1=C1C=CC=CC1=O. The molecular formula is C20H20N2O4. The first-order valence-electron chi connectivity index (χ1n) is 8.59. The maximum atomic E-state index is 12.2. The molecule has 6 heteroatoms. The van der Waals surface area contributed by atoms with Gasteiger partial charge in [-0.05, 0) is 18.2 Å². The van der Waals surface area contributed by atoms with E-state index < -0.39 is 0 Å². The Kier molecular flexibility index (Phi) is 4.48. The summed E-state index contributed by atoms with van der Waals surface area (Å²) in [6.45, 7) is 4.36. The standard InChI is InChI=1S/C20H20N2O4/c1-14(22-11-13-25-20(22)15-6-2-4-8-17(15)23)26-18-9-5-3-7-16(18)19-21-10-12-24-19/h2-9,26H,10-13H2,1H3. The van der Waals surface area contributed by atoms with Gasteiger partial charge in [-0.15, -0.1) is 0 Å². The molecule has 2 heterocycles. The van der Waals surface area contributed by atoms with Gasteiger partial charge in [0.05, 0.1) is 18.3 Å². The van der Waals surface area contributed by atoms with Crippen molar-refractivity contribution in [3.05, 3.63) is 71.8 Å². The number of carbonyl (C=O) groups excluding carboxylic acids is 1. The molecule has 1 aliphatic carbocycles. The molecule has 4 rings (SSSR count). The highest BCUT2D eigenvalue weighted by molar-refractivity contribution is 6.07. The molecule has 0 radical (unpaired) electrons. The number of carbonyl (C=O) groups is 1. The lowest BCUT2D eigenvalue weighted by atomic mass is 10.1. The Balaban J connectivity index is 1.58. The van der Waals surface area contributed by atoms with Gasteiger partial charge >= 0.3 is 0 Å². The molecule has 0 atom stereocenters. The Hall–Kier alpha value is -3.02. The van der Waals surface area contributed by atoms with Crippen LogP contribution in [0.5, 0.6) is 5.75 Å². The molecule has 2 aliphatic heterocycles. The van der Waals surface area contributed by atoms with Crippen molar-refractivity contribution < 1.29 is 19.0 Å². The minimum atomic E-state index is -0.0590. The minimum Gasteiger partial charge on any atom is -0.703 e. The van der Waals surface area contributed by atoms with Crippen LogP contribution in [0, 0.1) is 6.23 Å². The predicted molar refractivity (Wildman–Crippen MR) is 97.4 cm³/mol. The van der Waals surface area contributed by atoms with E-state index in [-0.39, 0.29) is 5.78 Å². The van der Waals surface area contributed by atoms with Crippen molar-refractivity contribution >= 4 is 11.7 Å². The molecule has 0 spiro atoms. The first kappa shape index (κ1) is 16.4. The molecule has 0 amide bonds. The number of ketones is 1. The largest absolute Gasteiger partial charge is 0.703 e. The number of rotatable bonds is 4. The number of aromatic hydroxyl groups is 1. The topological polar surface area (TPSA) is 63.9 Å². The molecule has 0 saturated carbocycles. The lowest BCUT2D eigenvalue weighted by Gasteiger charge is -2.35. The number of aliphatic imine (C=N–C) groups is 1. The lowest BCUT2D eigenvalue weighted by Crippen LogP contribution is -2.27. The van der Waals surface area contributed by atoms with Crippen molar-refractivity contribution in [1.29, 1.82) is 0 Å². The Labute approximate surface area is 152 Å².